The molecular formula is C30H39FN2O3. The fraction of sp³-hybridized carbons (Fsp3) is 0.367. The minimum Gasteiger partial charge on any atom is -0.498 e. The van der Waals surface area contributed by atoms with Crippen LogP contribution in [0.4, 0.5) is 4.39 Å². The van der Waals surface area contributed by atoms with Crippen molar-refractivity contribution in [1.29, 1.82) is 0 Å². The number of carbonyl (C=O) groups excluding carboxylic acids is 1. The highest BCUT2D eigenvalue weighted by molar-refractivity contribution is 5.77. The van der Waals surface area contributed by atoms with Crippen LogP contribution in [-0.2, 0) is 20.1 Å². The number of carbonyl (C=O) groups is 1. The summed E-state index contributed by atoms with van der Waals surface area (Å²) in [5.74, 6) is -2.41. The summed E-state index contributed by atoms with van der Waals surface area (Å²) in [6.45, 7) is 8.41. The molecule has 1 atom stereocenters. The first-order valence-electron chi connectivity index (χ1n) is 11.6. The van der Waals surface area contributed by atoms with Crippen LogP contribution >= 0.6 is 0 Å². The van der Waals surface area contributed by atoms with E-state index in [0.717, 1.165) is 29.9 Å². The van der Waals surface area contributed by atoms with E-state index in [4.69, 9.17) is 9.47 Å². The van der Waals surface area contributed by atoms with Crippen molar-refractivity contribution < 1.29 is 18.7 Å². The first kappa shape index (κ1) is 32.1. The third-order valence-corrected chi connectivity index (χ3v) is 5.53. The van der Waals surface area contributed by atoms with Crippen molar-refractivity contribution >= 4 is 5.97 Å². The van der Waals surface area contributed by atoms with Gasteiger partial charge in [-0.1, -0.05) is 29.9 Å². The van der Waals surface area contributed by atoms with Gasteiger partial charge in [-0.2, -0.15) is 0 Å². The van der Waals surface area contributed by atoms with E-state index in [1.165, 1.54) is 29.6 Å². The van der Waals surface area contributed by atoms with Gasteiger partial charge in [0.25, 0.3) is 0 Å². The van der Waals surface area contributed by atoms with Crippen molar-refractivity contribution in [3.05, 3.63) is 83.7 Å². The average Bonchev–Trinajstić information content (AvgIpc) is 3.46. The summed E-state index contributed by atoms with van der Waals surface area (Å²) >= 11 is 0. The molecule has 0 saturated heterocycles. The molecule has 0 amide bonds. The molecule has 6 heteroatoms. The highest BCUT2D eigenvalue weighted by Gasteiger charge is 2.43. The molecule has 0 aliphatic carbocycles. The Labute approximate surface area is 216 Å². The van der Waals surface area contributed by atoms with Crippen molar-refractivity contribution in [3.63, 3.8) is 0 Å². The number of aromatic nitrogens is 1. The lowest BCUT2D eigenvalue weighted by Gasteiger charge is -2.34. The number of methoxy groups -OCH3 is 1. The largest absolute Gasteiger partial charge is 0.498 e. The van der Waals surface area contributed by atoms with Gasteiger partial charge in [-0.3, -0.25) is 0 Å². The number of alkyl halides is 1. The monoisotopic (exact) mass is 494 g/mol. The second kappa shape index (κ2) is 17.5. The van der Waals surface area contributed by atoms with Crippen molar-refractivity contribution in [2.24, 2.45) is 0 Å². The summed E-state index contributed by atoms with van der Waals surface area (Å²) < 4.78 is 27.8. The Kier molecular flexibility index (Phi) is 15.6. The Morgan fingerprint density at radius 1 is 1.17 bits per heavy atom. The van der Waals surface area contributed by atoms with E-state index in [1.807, 2.05) is 39.0 Å². The van der Waals surface area contributed by atoms with Crippen molar-refractivity contribution in [2.45, 2.75) is 52.8 Å². The molecular weight excluding hydrogens is 455 g/mol. The van der Waals surface area contributed by atoms with Gasteiger partial charge in [-0.15, -0.1) is 25.7 Å². The number of esters is 1. The van der Waals surface area contributed by atoms with Crippen LogP contribution in [0.2, 0.25) is 0 Å². The second-order valence-corrected chi connectivity index (χ2v) is 7.78. The van der Waals surface area contributed by atoms with Crippen LogP contribution in [0.5, 0.6) is 0 Å². The normalized spacial score (nSPS) is 17.3. The van der Waals surface area contributed by atoms with E-state index in [9.17, 15) is 4.79 Å². The third kappa shape index (κ3) is 9.39. The fourth-order valence-electron chi connectivity index (χ4n) is 3.46. The number of rotatable bonds is 10. The smallest absolute Gasteiger partial charge is 0.367 e. The van der Waals surface area contributed by atoms with E-state index < -0.39 is 11.8 Å². The molecule has 194 valence electrons. The SMILES string of the molecule is C#C.C#C.C/C=C\C/C=C(\C)CCO/C(C)=C1\C=CN(CC(F)(C(=O)OC)n2cccc2)/C(=C/C)C1. The lowest BCUT2D eigenvalue weighted by atomic mass is 10.0. The molecule has 0 aromatic carbocycles. The van der Waals surface area contributed by atoms with Crippen LogP contribution < -0.4 is 0 Å². The highest BCUT2D eigenvalue weighted by atomic mass is 19.1. The summed E-state index contributed by atoms with van der Waals surface area (Å²) in [5.41, 5.74) is 3.23. The third-order valence-electron chi connectivity index (χ3n) is 5.53. The van der Waals surface area contributed by atoms with Crippen molar-refractivity contribution in [2.75, 3.05) is 20.3 Å². The quantitative estimate of drug-likeness (QED) is 0.161. The maximum Gasteiger partial charge on any atom is 0.367 e. The van der Waals surface area contributed by atoms with Gasteiger partial charge >= 0.3 is 11.8 Å². The van der Waals surface area contributed by atoms with E-state index >= 15 is 4.39 Å². The van der Waals surface area contributed by atoms with Crippen molar-refractivity contribution in [3.8, 4) is 25.7 Å². The first-order valence-corrected chi connectivity index (χ1v) is 11.6. The Morgan fingerprint density at radius 2 is 1.81 bits per heavy atom. The van der Waals surface area contributed by atoms with Crippen LogP contribution in [0, 0.1) is 25.7 Å². The lowest BCUT2D eigenvalue weighted by molar-refractivity contribution is -0.163. The molecule has 0 saturated carbocycles. The van der Waals surface area contributed by atoms with Gasteiger partial charge in [-0.25, -0.2) is 9.18 Å². The maximum absolute atomic E-state index is 15.8. The van der Waals surface area contributed by atoms with Gasteiger partial charge in [0, 0.05) is 37.1 Å². The molecule has 1 aliphatic rings. The zero-order chi connectivity index (χ0) is 27.6. The molecule has 1 aliphatic heterocycles. The average molecular weight is 495 g/mol. The first-order chi connectivity index (χ1) is 17.3. The number of ether oxygens (including phenoxy) is 2. The van der Waals surface area contributed by atoms with E-state index in [2.05, 4.69) is 44.8 Å². The zero-order valence-electron chi connectivity index (χ0n) is 22.1. The van der Waals surface area contributed by atoms with Crippen LogP contribution in [-0.4, -0.2) is 35.7 Å². The molecule has 2 heterocycles. The summed E-state index contributed by atoms with van der Waals surface area (Å²) in [6.07, 6.45) is 33.5. The van der Waals surface area contributed by atoms with E-state index in [-0.39, 0.29) is 6.54 Å². The number of terminal acetylenes is 2. The highest BCUT2D eigenvalue weighted by Crippen LogP contribution is 2.31. The molecule has 1 aromatic heterocycles. The molecule has 1 aromatic rings. The number of hydrogen-bond donors (Lipinski definition) is 0. The molecule has 0 spiro atoms. The minimum atomic E-state index is -2.33. The fourth-order valence-corrected chi connectivity index (χ4v) is 3.46. The molecule has 0 radical (unpaired) electrons. The second-order valence-electron chi connectivity index (χ2n) is 7.78. The molecule has 0 bridgehead atoms. The molecule has 36 heavy (non-hydrogen) atoms. The Bertz CT molecular complexity index is 988. The van der Waals surface area contributed by atoms with Crippen LogP contribution in [0.3, 0.4) is 0 Å². The summed E-state index contributed by atoms with van der Waals surface area (Å²) in [4.78, 5) is 14.1. The van der Waals surface area contributed by atoms with Gasteiger partial charge in [0.15, 0.2) is 0 Å². The van der Waals surface area contributed by atoms with Gasteiger partial charge < -0.3 is 18.9 Å². The van der Waals surface area contributed by atoms with Crippen molar-refractivity contribution in [1.82, 2.24) is 9.47 Å². The molecule has 1 unspecified atom stereocenters. The molecule has 0 N–H and O–H groups in total. The Hall–Kier alpha value is -3.90. The molecule has 0 fully saturated rings. The van der Waals surface area contributed by atoms with Crippen LogP contribution in [0.1, 0.15) is 47.0 Å². The number of nitrogens with zero attached hydrogens (tertiary/aromatic N) is 2. The van der Waals surface area contributed by atoms with Crippen LogP contribution in [0.25, 0.3) is 0 Å². The molecule has 5 nitrogen and oxygen atoms in total. The summed E-state index contributed by atoms with van der Waals surface area (Å²) in [7, 11) is 1.20. The summed E-state index contributed by atoms with van der Waals surface area (Å²) in [5, 5.41) is 0. The van der Waals surface area contributed by atoms with E-state index in [0.29, 0.717) is 13.0 Å². The minimum absolute atomic E-state index is 0.187. The number of hydrogen-bond acceptors (Lipinski definition) is 4. The number of allylic oxidation sites excluding steroid dienone is 7. The van der Waals surface area contributed by atoms with Crippen LogP contribution in [0.15, 0.2) is 83.7 Å². The van der Waals surface area contributed by atoms with Gasteiger partial charge in [0.1, 0.15) is 0 Å². The predicted octanol–water partition coefficient (Wildman–Crippen LogP) is 6.50. The topological polar surface area (TPSA) is 43.7 Å². The lowest BCUT2D eigenvalue weighted by Crippen LogP contribution is -2.46. The molecule has 2 rings (SSSR count). The zero-order valence-corrected chi connectivity index (χ0v) is 22.1. The van der Waals surface area contributed by atoms with Gasteiger partial charge in [0.05, 0.1) is 26.0 Å². The van der Waals surface area contributed by atoms with Gasteiger partial charge in [-0.05, 0) is 57.9 Å². The van der Waals surface area contributed by atoms with E-state index in [1.54, 1.807) is 23.2 Å². The maximum atomic E-state index is 15.8. The summed E-state index contributed by atoms with van der Waals surface area (Å²) in [6, 6.07) is 3.36. The Morgan fingerprint density at radius 3 is 2.36 bits per heavy atom. The standard InChI is InChI=1S/C26H35FN2O3.2C2H2/c1-6-8-9-12-21(3)14-18-32-22(4)23-13-17-28(24(7-2)19-23)20-26(27,25(30)31-5)29-15-10-11-16-29;2*1-2/h6-8,10-13,15-17H,9,14,18-20H2,1-5H3;2*1-2H/b8-6-,21-12+,23-22+,24-7+;;. The number of halogens is 1. The predicted molar refractivity (Wildman–Crippen MR) is 146 cm³/mol. The van der Waals surface area contributed by atoms with Gasteiger partial charge in [0.2, 0.25) is 0 Å². The Balaban J connectivity index is 0.00000291.